The van der Waals surface area contributed by atoms with Crippen molar-refractivity contribution in [2.45, 2.75) is 51.1 Å². The summed E-state index contributed by atoms with van der Waals surface area (Å²) in [5.41, 5.74) is 1.71. The van der Waals surface area contributed by atoms with Crippen molar-refractivity contribution in [3.8, 4) is 5.75 Å². The van der Waals surface area contributed by atoms with E-state index in [0.717, 1.165) is 17.6 Å². The van der Waals surface area contributed by atoms with E-state index in [-0.39, 0.29) is 25.2 Å². The summed E-state index contributed by atoms with van der Waals surface area (Å²) in [7, 11) is 1.55. The molecule has 0 N–H and O–H groups in total. The van der Waals surface area contributed by atoms with Crippen LogP contribution in [0.15, 0.2) is 65.8 Å². The highest BCUT2D eigenvalue weighted by Gasteiger charge is 2.59. The van der Waals surface area contributed by atoms with E-state index in [1.807, 2.05) is 55.2 Å². The van der Waals surface area contributed by atoms with Gasteiger partial charge in [0.1, 0.15) is 5.75 Å². The molecule has 0 amide bonds. The fourth-order valence-electron chi connectivity index (χ4n) is 4.50. The van der Waals surface area contributed by atoms with Crippen LogP contribution in [-0.2, 0) is 11.2 Å². The number of piperidine rings is 1. The van der Waals surface area contributed by atoms with Gasteiger partial charge in [-0.3, -0.25) is 0 Å². The second-order valence-corrected chi connectivity index (χ2v) is 9.21. The van der Waals surface area contributed by atoms with Crippen LogP contribution in [0.3, 0.4) is 0 Å². The zero-order valence-electron chi connectivity index (χ0n) is 19.6. The van der Waals surface area contributed by atoms with Crippen molar-refractivity contribution < 1.29 is 18.3 Å². The van der Waals surface area contributed by atoms with Crippen LogP contribution in [0.4, 0.5) is 8.78 Å². The van der Waals surface area contributed by atoms with Crippen molar-refractivity contribution in [2.75, 3.05) is 20.2 Å². The Kier molecular flexibility index (Phi) is 6.46. The number of aliphatic imine (C=N–C) groups is 1. The van der Waals surface area contributed by atoms with Gasteiger partial charge in [-0.2, -0.15) is 0 Å². The summed E-state index contributed by atoms with van der Waals surface area (Å²) >= 11 is 0. The molecule has 0 aromatic heterocycles. The smallest absolute Gasteiger partial charge is 0.291 e. The Bertz CT molecular complexity index is 1030. The van der Waals surface area contributed by atoms with Gasteiger partial charge in [0.15, 0.2) is 5.60 Å². The molecule has 2 heterocycles. The third-order valence-corrected chi connectivity index (χ3v) is 6.70. The Morgan fingerprint density at radius 3 is 2.67 bits per heavy atom. The molecule has 1 aromatic carbocycles. The number of benzene rings is 1. The molecular weight excluding hydrogens is 422 g/mol. The summed E-state index contributed by atoms with van der Waals surface area (Å²) in [6.45, 7) is 8.73. The lowest BCUT2D eigenvalue weighted by atomic mass is 9.79. The summed E-state index contributed by atoms with van der Waals surface area (Å²) in [6.07, 6.45) is 11.0. The van der Waals surface area contributed by atoms with Crippen LogP contribution in [0.5, 0.6) is 5.75 Å². The molecule has 4 rings (SSSR count). The number of alkyl halides is 2. The lowest BCUT2D eigenvalue weighted by molar-refractivity contribution is -0.192. The van der Waals surface area contributed by atoms with Crippen LogP contribution in [0.2, 0.25) is 0 Å². The Morgan fingerprint density at radius 1 is 1.21 bits per heavy atom. The average Bonchev–Trinajstić information content (AvgIpc) is 3.08. The number of hydrogen-bond donors (Lipinski definition) is 0. The van der Waals surface area contributed by atoms with E-state index in [2.05, 4.69) is 23.7 Å². The van der Waals surface area contributed by atoms with E-state index in [1.165, 1.54) is 0 Å². The Balaban J connectivity index is 1.53. The van der Waals surface area contributed by atoms with Crippen molar-refractivity contribution in [2.24, 2.45) is 10.9 Å². The van der Waals surface area contributed by atoms with Crippen LogP contribution in [0.1, 0.15) is 44.2 Å². The van der Waals surface area contributed by atoms with Gasteiger partial charge in [0, 0.05) is 43.6 Å². The normalized spacial score (nSPS) is 21.3. The molecule has 33 heavy (non-hydrogen) atoms. The number of halogens is 2. The fourth-order valence-corrected chi connectivity index (χ4v) is 4.50. The first-order valence-electron chi connectivity index (χ1n) is 11.5. The highest BCUT2D eigenvalue weighted by atomic mass is 19.3. The van der Waals surface area contributed by atoms with Crippen molar-refractivity contribution in [1.29, 1.82) is 0 Å². The monoisotopic (exact) mass is 454 g/mol. The number of fused-ring (bicyclic) bond motifs is 1. The van der Waals surface area contributed by atoms with Gasteiger partial charge in [-0.05, 0) is 35.6 Å². The maximum absolute atomic E-state index is 15.5. The second-order valence-electron chi connectivity index (χ2n) is 9.21. The quantitative estimate of drug-likeness (QED) is 0.405. The van der Waals surface area contributed by atoms with E-state index >= 15 is 8.78 Å². The molecule has 4 nitrogen and oxygen atoms in total. The molecule has 0 bridgehead atoms. The first-order chi connectivity index (χ1) is 15.7. The van der Waals surface area contributed by atoms with Gasteiger partial charge in [-0.25, -0.2) is 13.8 Å². The van der Waals surface area contributed by atoms with Crippen molar-refractivity contribution in [3.05, 3.63) is 72.0 Å². The molecule has 0 unspecified atom stereocenters. The zero-order chi connectivity index (χ0) is 23.6. The van der Waals surface area contributed by atoms with Gasteiger partial charge in [0.2, 0.25) is 0 Å². The average molecular weight is 455 g/mol. The van der Waals surface area contributed by atoms with Crippen LogP contribution in [-0.4, -0.2) is 42.6 Å². The van der Waals surface area contributed by atoms with E-state index < -0.39 is 11.5 Å². The lowest BCUT2D eigenvalue weighted by Gasteiger charge is -2.48. The molecule has 3 aliphatic rings. The van der Waals surface area contributed by atoms with Gasteiger partial charge >= 0.3 is 0 Å². The Hall–Kier alpha value is -2.89. The molecular formula is C27H32F2N2O2. The Labute approximate surface area is 195 Å². The first kappa shape index (κ1) is 23.3. The van der Waals surface area contributed by atoms with Gasteiger partial charge in [-0.1, -0.05) is 56.9 Å². The minimum absolute atomic E-state index is 0.180. The van der Waals surface area contributed by atoms with Crippen molar-refractivity contribution >= 4 is 11.6 Å². The van der Waals surface area contributed by atoms with Crippen molar-refractivity contribution in [1.82, 2.24) is 4.90 Å². The maximum Gasteiger partial charge on any atom is 0.291 e. The van der Waals surface area contributed by atoms with Crippen molar-refractivity contribution in [3.63, 3.8) is 0 Å². The second kappa shape index (κ2) is 9.16. The molecule has 1 fully saturated rings. The third-order valence-electron chi connectivity index (χ3n) is 6.70. The minimum Gasteiger partial charge on any atom is -0.481 e. The number of rotatable bonds is 3. The Morgan fingerprint density at radius 2 is 1.97 bits per heavy atom. The fraction of sp³-hybridized carbons (Fsp3) is 0.444. The van der Waals surface area contributed by atoms with Gasteiger partial charge in [-0.15, -0.1) is 0 Å². The molecule has 0 radical (unpaired) electrons. The predicted molar refractivity (Wildman–Crippen MR) is 129 cm³/mol. The molecule has 2 aliphatic heterocycles. The van der Waals surface area contributed by atoms with Crippen LogP contribution in [0, 0.1) is 5.92 Å². The minimum atomic E-state index is -2.97. The summed E-state index contributed by atoms with van der Waals surface area (Å²) in [5, 5.41) is 0. The number of nitrogens with zero attached hydrogens (tertiary/aromatic N) is 2. The summed E-state index contributed by atoms with van der Waals surface area (Å²) in [6, 6.07) is 6.07. The van der Waals surface area contributed by atoms with E-state index in [4.69, 9.17) is 9.47 Å². The zero-order valence-corrected chi connectivity index (χ0v) is 19.6. The maximum atomic E-state index is 15.5. The SMILES string of the molecule is C=C(N=C(OC)N1CCC2(CC1)Oc1ccc(C3=CCC=CC=C3)cc1CC2(F)F)C(C)C. The first-order valence-corrected chi connectivity index (χ1v) is 11.5. The number of amidine groups is 1. The predicted octanol–water partition coefficient (Wildman–Crippen LogP) is 6.16. The number of ether oxygens (including phenoxy) is 2. The number of allylic oxidation sites excluding steroid dienone is 7. The number of likely N-dealkylation sites (tertiary alicyclic amines) is 1. The summed E-state index contributed by atoms with van der Waals surface area (Å²) in [4.78, 5) is 6.37. The standard InChI is InChI=1S/C27H32F2N2O2/c1-19(2)20(3)30-25(32-4)31-15-13-26(14-16-31)27(28,29)18-23-17-22(11-12-24(23)33-26)21-9-7-5-6-8-10-21/h5-7,9-12,17,19H,3,8,13-16,18H2,1-2,4H3. The van der Waals surface area contributed by atoms with Gasteiger partial charge < -0.3 is 14.4 Å². The molecule has 1 saturated heterocycles. The van der Waals surface area contributed by atoms with Crippen LogP contribution in [0.25, 0.3) is 5.57 Å². The van der Waals surface area contributed by atoms with E-state index in [1.54, 1.807) is 7.11 Å². The largest absolute Gasteiger partial charge is 0.481 e. The molecule has 176 valence electrons. The van der Waals surface area contributed by atoms with Gasteiger partial charge in [0.25, 0.3) is 11.9 Å². The summed E-state index contributed by atoms with van der Waals surface area (Å²) in [5.74, 6) is -2.23. The summed E-state index contributed by atoms with van der Waals surface area (Å²) < 4.78 is 42.6. The van der Waals surface area contributed by atoms with E-state index in [9.17, 15) is 0 Å². The highest BCUT2D eigenvalue weighted by Crippen LogP contribution is 2.49. The molecule has 1 aromatic rings. The van der Waals surface area contributed by atoms with Crippen LogP contribution >= 0.6 is 0 Å². The van der Waals surface area contributed by atoms with Gasteiger partial charge in [0.05, 0.1) is 7.11 Å². The molecule has 1 spiro atoms. The highest BCUT2D eigenvalue weighted by molar-refractivity contribution is 5.76. The number of methoxy groups -OCH3 is 1. The topological polar surface area (TPSA) is 34.1 Å². The lowest BCUT2D eigenvalue weighted by Crippen LogP contribution is -2.62. The molecule has 0 saturated carbocycles. The van der Waals surface area contributed by atoms with E-state index in [0.29, 0.717) is 36.1 Å². The number of hydrogen-bond acceptors (Lipinski definition) is 3. The molecule has 1 aliphatic carbocycles. The van der Waals surface area contributed by atoms with Crippen LogP contribution < -0.4 is 4.74 Å². The molecule has 0 atom stereocenters. The molecule has 6 heteroatoms. The third kappa shape index (κ3) is 4.61.